The van der Waals surface area contributed by atoms with Crippen LogP contribution in [0, 0.1) is 25.7 Å². The van der Waals surface area contributed by atoms with E-state index in [0.29, 0.717) is 6.42 Å². The van der Waals surface area contributed by atoms with Crippen LogP contribution in [0.25, 0.3) is 0 Å². The first-order valence-electron chi connectivity index (χ1n) is 13.6. The van der Waals surface area contributed by atoms with Crippen molar-refractivity contribution < 1.29 is 24.2 Å². The third kappa shape index (κ3) is 4.28. The van der Waals surface area contributed by atoms with Gasteiger partial charge in [-0.2, -0.15) is 0 Å². The molecule has 0 aromatic heterocycles. The van der Waals surface area contributed by atoms with E-state index in [9.17, 15) is 19.5 Å². The monoisotopic (exact) mass is 548 g/mol. The largest absolute Gasteiger partial charge is 0.466 e. The van der Waals surface area contributed by atoms with Gasteiger partial charge >= 0.3 is 5.97 Å². The van der Waals surface area contributed by atoms with E-state index in [1.165, 1.54) is 0 Å². The molecule has 2 bridgehead atoms. The van der Waals surface area contributed by atoms with Crippen molar-refractivity contribution in [2.45, 2.75) is 55.7 Å². The molecule has 3 aliphatic heterocycles. The van der Waals surface area contributed by atoms with Crippen molar-refractivity contribution in [2.75, 3.05) is 24.7 Å². The molecule has 2 aromatic carbocycles. The van der Waals surface area contributed by atoms with Gasteiger partial charge < -0.3 is 19.6 Å². The van der Waals surface area contributed by atoms with Crippen LogP contribution in [-0.2, 0) is 19.1 Å². The first-order valence-corrected chi connectivity index (χ1v) is 14.5. The molecule has 2 aromatic rings. The maximum atomic E-state index is 14.8. The number of esters is 1. The molecule has 1 N–H and O–H groups in total. The highest BCUT2D eigenvalue weighted by molar-refractivity contribution is 8.02. The molecule has 1 spiro atoms. The fourth-order valence-corrected chi connectivity index (χ4v) is 9.23. The number of amides is 2. The Morgan fingerprint density at radius 1 is 1.21 bits per heavy atom. The Morgan fingerprint density at radius 3 is 2.51 bits per heavy atom. The highest BCUT2D eigenvalue weighted by Crippen LogP contribution is 2.67. The number of rotatable bonds is 9. The molecule has 8 heteroatoms. The number of ether oxygens (including phenoxy) is 1. The minimum Gasteiger partial charge on any atom is -0.466 e. The van der Waals surface area contributed by atoms with Crippen LogP contribution in [0.15, 0.2) is 61.2 Å². The average Bonchev–Trinajstić information content (AvgIpc) is 3.57. The van der Waals surface area contributed by atoms with Crippen molar-refractivity contribution >= 4 is 35.2 Å². The Hall–Kier alpha value is -3.10. The molecular formula is C31H36N2O5S. The molecule has 2 amide bonds. The molecule has 206 valence electrons. The van der Waals surface area contributed by atoms with Crippen LogP contribution in [0.2, 0.25) is 0 Å². The van der Waals surface area contributed by atoms with Crippen LogP contribution in [0.5, 0.6) is 0 Å². The predicted octanol–water partition coefficient (Wildman–Crippen LogP) is 4.21. The molecule has 0 aliphatic carbocycles. The number of aryl methyl sites for hydroxylation is 2. The molecule has 2 unspecified atom stereocenters. The molecule has 7 nitrogen and oxygen atoms in total. The lowest BCUT2D eigenvalue weighted by Gasteiger charge is -2.40. The summed E-state index contributed by atoms with van der Waals surface area (Å²) in [5.74, 6) is -2.14. The van der Waals surface area contributed by atoms with Gasteiger partial charge in [0.1, 0.15) is 6.04 Å². The second kappa shape index (κ2) is 10.8. The highest BCUT2D eigenvalue weighted by Gasteiger charge is 2.75. The SMILES string of the molecule is C=CCN(C(=O)C1N([C@H](CO)c2ccccc2)C(=O)[C@@H]2[C@@H](C(=O)OCC)[C@H]3CCC12S3)c1c(C)cccc1C. The summed E-state index contributed by atoms with van der Waals surface area (Å²) in [7, 11) is 0. The van der Waals surface area contributed by atoms with Gasteiger partial charge in [-0.1, -0.05) is 54.6 Å². The quantitative estimate of drug-likeness (QED) is 0.373. The van der Waals surface area contributed by atoms with Gasteiger partial charge in [0.25, 0.3) is 5.91 Å². The summed E-state index contributed by atoms with van der Waals surface area (Å²) in [6.45, 7) is 9.78. The lowest BCUT2D eigenvalue weighted by molar-refractivity contribution is -0.154. The van der Waals surface area contributed by atoms with Gasteiger partial charge in [0.2, 0.25) is 5.91 Å². The smallest absolute Gasteiger partial charge is 0.310 e. The molecule has 3 aliphatic rings. The maximum absolute atomic E-state index is 14.8. The third-order valence-electron chi connectivity index (χ3n) is 8.51. The number of fused-ring (bicyclic) bond motifs is 1. The van der Waals surface area contributed by atoms with Gasteiger partial charge in [-0.3, -0.25) is 14.4 Å². The van der Waals surface area contributed by atoms with E-state index in [1.807, 2.05) is 62.4 Å². The molecule has 39 heavy (non-hydrogen) atoms. The van der Waals surface area contributed by atoms with Crippen LogP contribution >= 0.6 is 11.8 Å². The lowest BCUT2D eigenvalue weighted by Crippen LogP contribution is -2.56. The van der Waals surface area contributed by atoms with E-state index < -0.39 is 28.7 Å². The van der Waals surface area contributed by atoms with Gasteiger partial charge in [0.05, 0.1) is 35.8 Å². The number of carbonyl (C=O) groups excluding carboxylic acids is 3. The van der Waals surface area contributed by atoms with Crippen LogP contribution in [0.3, 0.4) is 0 Å². The summed E-state index contributed by atoms with van der Waals surface area (Å²) in [6, 6.07) is 13.6. The fraction of sp³-hybridized carbons (Fsp3) is 0.452. The topological polar surface area (TPSA) is 87.2 Å². The van der Waals surface area contributed by atoms with Crippen LogP contribution in [0.1, 0.15) is 42.5 Å². The molecule has 3 heterocycles. The number of aliphatic hydroxyl groups is 1. The number of hydrogen-bond acceptors (Lipinski definition) is 6. The van der Waals surface area contributed by atoms with Gasteiger partial charge in [-0.05, 0) is 50.3 Å². The summed E-state index contributed by atoms with van der Waals surface area (Å²) in [5, 5.41) is 10.6. The van der Waals surface area contributed by atoms with Crippen LogP contribution < -0.4 is 4.90 Å². The second-order valence-corrected chi connectivity index (χ2v) is 12.2. The minimum absolute atomic E-state index is 0.0761. The van der Waals surface area contributed by atoms with Crippen molar-refractivity contribution in [3.8, 4) is 0 Å². The fourth-order valence-electron chi connectivity index (χ4n) is 7.04. The third-order valence-corrected chi connectivity index (χ3v) is 10.5. The standard InChI is InChI=1S/C31H36N2O5S/c1-5-17-32(26-19(3)11-10-12-20(26)4)29(36)27-31-16-15-23(39-31)24(30(37)38-6-2)25(31)28(35)33(27)22(18-34)21-13-8-7-9-14-21/h5,7-14,22-25,27,34H,1,6,15-18H2,2-4H3/t22-,23-,24+,25+,27?,31?/m1/s1. The molecule has 3 fully saturated rings. The van der Waals surface area contributed by atoms with Crippen LogP contribution in [0.4, 0.5) is 5.69 Å². The number of anilines is 1. The highest BCUT2D eigenvalue weighted by atomic mass is 32.2. The second-order valence-electron chi connectivity index (χ2n) is 10.6. The summed E-state index contributed by atoms with van der Waals surface area (Å²) >= 11 is 1.60. The van der Waals surface area contributed by atoms with Crippen LogP contribution in [-0.4, -0.2) is 63.6 Å². The van der Waals surface area contributed by atoms with Gasteiger partial charge in [0, 0.05) is 17.5 Å². The zero-order valence-electron chi connectivity index (χ0n) is 22.7. The molecular weight excluding hydrogens is 512 g/mol. The van der Waals surface area contributed by atoms with E-state index in [-0.39, 0.29) is 42.8 Å². The Kier molecular flexibility index (Phi) is 7.62. The molecule has 0 radical (unpaired) electrons. The maximum Gasteiger partial charge on any atom is 0.310 e. The summed E-state index contributed by atoms with van der Waals surface area (Å²) < 4.78 is 4.66. The van der Waals surface area contributed by atoms with E-state index in [0.717, 1.165) is 28.8 Å². The number of likely N-dealkylation sites (tertiary alicyclic amines) is 1. The van der Waals surface area contributed by atoms with E-state index >= 15 is 0 Å². The van der Waals surface area contributed by atoms with Gasteiger partial charge in [-0.25, -0.2) is 0 Å². The van der Waals surface area contributed by atoms with Crippen molar-refractivity contribution in [3.05, 3.63) is 77.9 Å². The lowest BCUT2D eigenvalue weighted by atomic mass is 9.71. The Morgan fingerprint density at radius 2 is 1.90 bits per heavy atom. The number of thioether (sulfide) groups is 1. The van der Waals surface area contributed by atoms with Crippen molar-refractivity contribution in [3.63, 3.8) is 0 Å². The van der Waals surface area contributed by atoms with Gasteiger partial charge in [0.15, 0.2) is 0 Å². The number of benzene rings is 2. The van der Waals surface area contributed by atoms with E-state index in [2.05, 4.69) is 6.58 Å². The first kappa shape index (κ1) is 27.5. The average molecular weight is 549 g/mol. The number of carbonyl (C=O) groups is 3. The van der Waals surface area contributed by atoms with Crippen molar-refractivity contribution in [1.82, 2.24) is 4.90 Å². The number of aliphatic hydroxyl groups excluding tert-OH is 1. The first-order chi connectivity index (χ1) is 18.8. The zero-order valence-corrected chi connectivity index (χ0v) is 23.5. The summed E-state index contributed by atoms with van der Waals surface area (Å²) in [5.41, 5.74) is 3.45. The predicted molar refractivity (Wildman–Crippen MR) is 152 cm³/mol. The summed E-state index contributed by atoms with van der Waals surface area (Å²) in [6.07, 6.45) is 3.07. The molecule has 5 rings (SSSR count). The van der Waals surface area contributed by atoms with Crippen molar-refractivity contribution in [1.29, 1.82) is 0 Å². The zero-order chi connectivity index (χ0) is 27.9. The van der Waals surface area contributed by atoms with E-state index in [1.54, 1.807) is 34.6 Å². The number of nitrogens with zero attached hydrogens (tertiary/aromatic N) is 2. The Labute approximate surface area is 234 Å². The number of para-hydroxylation sites is 1. The minimum atomic E-state index is -0.860. The Bertz CT molecular complexity index is 1260. The number of hydrogen-bond donors (Lipinski definition) is 1. The summed E-state index contributed by atoms with van der Waals surface area (Å²) in [4.78, 5) is 45.8. The normalized spacial score (nSPS) is 27.8. The molecule has 6 atom stereocenters. The molecule has 0 saturated carbocycles. The Balaban J connectivity index is 1.67. The van der Waals surface area contributed by atoms with Crippen molar-refractivity contribution in [2.24, 2.45) is 11.8 Å². The van der Waals surface area contributed by atoms with E-state index in [4.69, 9.17) is 4.74 Å². The molecule has 3 saturated heterocycles. The van der Waals surface area contributed by atoms with Gasteiger partial charge in [-0.15, -0.1) is 18.3 Å².